The molecule has 34 heavy (non-hydrogen) atoms. The number of carbonyl (C=O) groups excluding carboxylic acids is 3. The van der Waals surface area contributed by atoms with E-state index in [9.17, 15) is 14.4 Å². The maximum Gasteiger partial charge on any atom is 0.340 e. The number of anilines is 1. The minimum absolute atomic E-state index is 0.0202. The van der Waals surface area contributed by atoms with E-state index in [4.69, 9.17) is 17.3 Å². The number of nitrogens with zero attached hydrogens (tertiary/aromatic N) is 2. The van der Waals surface area contributed by atoms with Crippen LogP contribution < -0.4 is 15.1 Å². The average molecular weight is 466 g/mol. The molecule has 0 bridgehead atoms. The van der Waals surface area contributed by atoms with Crippen molar-refractivity contribution >= 4 is 37.2 Å². The Balaban J connectivity index is 2.02. The molecule has 1 amide bonds. The SMILES string of the molecule is [B]c1cc(C=O)cnc1Oc1cc(C(=O)OC)c(N(C(=O)C2CCC(C)CC2)C(C)C)cc1F. The molecule has 3 rings (SSSR count). The number of benzene rings is 1. The topological polar surface area (TPSA) is 85.8 Å². The Labute approximate surface area is 200 Å². The summed E-state index contributed by atoms with van der Waals surface area (Å²) in [5, 5.41) is 0. The highest BCUT2D eigenvalue weighted by Crippen LogP contribution is 2.36. The lowest BCUT2D eigenvalue weighted by molar-refractivity contribution is -0.123. The van der Waals surface area contributed by atoms with Crippen LogP contribution in [0.5, 0.6) is 11.6 Å². The molecule has 2 radical (unpaired) electrons. The summed E-state index contributed by atoms with van der Waals surface area (Å²) in [5.74, 6) is -1.76. The van der Waals surface area contributed by atoms with Gasteiger partial charge in [-0.25, -0.2) is 14.2 Å². The molecule has 0 aliphatic heterocycles. The molecule has 2 aromatic rings. The van der Waals surface area contributed by atoms with Gasteiger partial charge in [-0.2, -0.15) is 0 Å². The standard InChI is InChI=1S/C25H28BFN2O5/c1-14(2)29(24(31)17-7-5-15(3)6-8-17)21-11-20(27)22(10-18(21)25(32)33-4)34-23-19(26)9-16(13-30)12-28-23/h9-15,17H,5-8H2,1-4H3. The van der Waals surface area contributed by atoms with Gasteiger partial charge in [-0.3, -0.25) is 9.59 Å². The van der Waals surface area contributed by atoms with Crippen LogP contribution in [0.1, 0.15) is 67.2 Å². The van der Waals surface area contributed by atoms with Crippen molar-refractivity contribution < 1.29 is 28.2 Å². The van der Waals surface area contributed by atoms with Gasteiger partial charge >= 0.3 is 5.97 Å². The Hall–Kier alpha value is -3.23. The van der Waals surface area contributed by atoms with Crippen LogP contribution in [0.25, 0.3) is 0 Å². The van der Waals surface area contributed by atoms with Crippen molar-refractivity contribution in [1.82, 2.24) is 4.98 Å². The van der Waals surface area contributed by atoms with Gasteiger partial charge < -0.3 is 14.4 Å². The lowest BCUT2D eigenvalue weighted by atomic mass is 9.82. The number of esters is 1. The molecule has 0 spiro atoms. The zero-order valence-corrected chi connectivity index (χ0v) is 19.8. The Morgan fingerprint density at radius 1 is 1.21 bits per heavy atom. The molecule has 0 unspecified atom stereocenters. The number of amides is 1. The van der Waals surface area contributed by atoms with E-state index >= 15 is 4.39 Å². The summed E-state index contributed by atoms with van der Waals surface area (Å²) in [6.07, 6.45) is 5.21. The van der Waals surface area contributed by atoms with Gasteiger partial charge in [0.05, 0.1) is 18.4 Å². The maximum atomic E-state index is 15.2. The summed E-state index contributed by atoms with van der Waals surface area (Å²) in [6, 6.07) is 3.29. The van der Waals surface area contributed by atoms with Crippen molar-refractivity contribution in [3.05, 3.63) is 41.3 Å². The van der Waals surface area contributed by atoms with Gasteiger partial charge in [0.15, 0.2) is 17.9 Å². The van der Waals surface area contributed by atoms with Crippen molar-refractivity contribution in [2.24, 2.45) is 11.8 Å². The van der Waals surface area contributed by atoms with Crippen LogP contribution in [-0.2, 0) is 9.53 Å². The molecule has 1 aliphatic rings. The summed E-state index contributed by atoms with van der Waals surface area (Å²) >= 11 is 0. The Morgan fingerprint density at radius 3 is 2.44 bits per heavy atom. The Morgan fingerprint density at radius 2 is 1.88 bits per heavy atom. The van der Waals surface area contributed by atoms with Crippen LogP contribution in [0.2, 0.25) is 0 Å². The highest BCUT2D eigenvalue weighted by Gasteiger charge is 2.33. The number of rotatable bonds is 7. The van der Waals surface area contributed by atoms with Crippen molar-refractivity contribution in [2.45, 2.75) is 52.5 Å². The van der Waals surface area contributed by atoms with Gasteiger partial charge in [-0.05, 0) is 50.9 Å². The van der Waals surface area contributed by atoms with Crippen molar-refractivity contribution in [3.8, 4) is 11.6 Å². The second kappa shape index (κ2) is 10.8. The average Bonchev–Trinajstić information content (AvgIpc) is 2.81. The number of ether oxygens (including phenoxy) is 2. The highest BCUT2D eigenvalue weighted by atomic mass is 19.1. The molecular weight excluding hydrogens is 438 g/mol. The van der Waals surface area contributed by atoms with Crippen LogP contribution in [-0.4, -0.2) is 44.1 Å². The number of pyridine rings is 1. The van der Waals surface area contributed by atoms with E-state index in [0.29, 0.717) is 12.2 Å². The van der Waals surface area contributed by atoms with Crippen molar-refractivity contribution in [2.75, 3.05) is 12.0 Å². The molecule has 1 fully saturated rings. The van der Waals surface area contributed by atoms with Gasteiger partial charge in [-0.15, -0.1) is 0 Å². The van der Waals surface area contributed by atoms with Gasteiger partial charge in [0, 0.05) is 35.9 Å². The van der Waals surface area contributed by atoms with Gasteiger partial charge in [0.25, 0.3) is 0 Å². The van der Waals surface area contributed by atoms with Gasteiger partial charge in [-0.1, -0.05) is 13.0 Å². The van der Waals surface area contributed by atoms with Gasteiger partial charge in [0.2, 0.25) is 11.8 Å². The fourth-order valence-corrected chi connectivity index (χ4v) is 4.19. The number of halogens is 1. The molecule has 1 saturated carbocycles. The molecule has 1 aliphatic carbocycles. The zero-order valence-electron chi connectivity index (χ0n) is 19.8. The van der Waals surface area contributed by atoms with Crippen molar-refractivity contribution in [1.29, 1.82) is 0 Å². The normalized spacial score (nSPS) is 17.8. The summed E-state index contributed by atoms with van der Waals surface area (Å²) in [7, 11) is 7.06. The summed E-state index contributed by atoms with van der Waals surface area (Å²) in [5.41, 5.74) is 0.359. The fourth-order valence-electron chi connectivity index (χ4n) is 4.19. The predicted octanol–water partition coefficient (Wildman–Crippen LogP) is 3.97. The number of aldehydes is 1. The number of hydrogen-bond acceptors (Lipinski definition) is 6. The van der Waals surface area contributed by atoms with Crippen LogP contribution in [0.4, 0.5) is 10.1 Å². The quantitative estimate of drug-likeness (QED) is 0.349. The number of carbonyl (C=O) groups is 3. The molecule has 0 saturated heterocycles. The predicted molar refractivity (Wildman–Crippen MR) is 127 cm³/mol. The Bertz CT molecular complexity index is 1080. The maximum absolute atomic E-state index is 15.2. The molecule has 1 aromatic heterocycles. The fraction of sp³-hybridized carbons (Fsp3) is 0.440. The van der Waals surface area contributed by atoms with E-state index in [1.165, 1.54) is 30.3 Å². The first kappa shape index (κ1) is 25.4. The molecule has 1 heterocycles. The third kappa shape index (κ3) is 5.46. The molecule has 0 N–H and O–H groups in total. The van der Waals surface area contributed by atoms with E-state index in [1.54, 1.807) is 0 Å². The second-order valence-electron chi connectivity index (χ2n) is 8.93. The smallest absolute Gasteiger partial charge is 0.340 e. The molecule has 1 aromatic carbocycles. The summed E-state index contributed by atoms with van der Waals surface area (Å²) in [4.78, 5) is 42.4. The van der Waals surface area contributed by atoms with E-state index in [0.717, 1.165) is 31.7 Å². The van der Waals surface area contributed by atoms with Crippen LogP contribution in [0.3, 0.4) is 0 Å². The molecule has 7 nitrogen and oxygen atoms in total. The minimum Gasteiger partial charge on any atom is -0.465 e. The van der Waals surface area contributed by atoms with E-state index in [-0.39, 0.29) is 51.8 Å². The van der Waals surface area contributed by atoms with E-state index in [2.05, 4.69) is 11.9 Å². The van der Waals surface area contributed by atoms with E-state index in [1.807, 2.05) is 13.8 Å². The molecular formula is C25H28BFN2O5. The molecule has 178 valence electrons. The lowest BCUT2D eigenvalue weighted by Crippen LogP contribution is -2.43. The first-order chi connectivity index (χ1) is 16.2. The van der Waals surface area contributed by atoms with Crippen LogP contribution >= 0.6 is 0 Å². The number of aromatic nitrogens is 1. The first-order valence-electron chi connectivity index (χ1n) is 11.3. The largest absolute Gasteiger partial charge is 0.465 e. The zero-order chi connectivity index (χ0) is 25.0. The highest BCUT2D eigenvalue weighted by molar-refractivity contribution is 6.34. The molecule has 9 heteroatoms. The monoisotopic (exact) mass is 466 g/mol. The number of hydrogen-bond donors (Lipinski definition) is 0. The summed E-state index contributed by atoms with van der Waals surface area (Å²) < 4.78 is 25.6. The van der Waals surface area contributed by atoms with E-state index < -0.39 is 11.8 Å². The van der Waals surface area contributed by atoms with Crippen molar-refractivity contribution in [3.63, 3.8) is 0 Å². The minimum atomic E-state index is -0.806. The Kier molecular flexibility index (Phi) is 8.07. The van der Waals surface area contributed by atoms with Crippen LogP contribution in [0.15, 0.2) is 24.4 Å². The first-order valence-corrected chi connectivity index (χ1v) is 11.3. The lowest BCUT2D eigenvalue weighted by Gasteiger charge is -2.34. The second-order valence-corrected chi connectivity index (χ2v) is 8.93. The number of methoxy groups -OCH3 is 1. The van der Waals surface area contributed by atoms with Gasteiger partial charge in [0.1, 0.15) is 7.85 Å². The van der Waals surface area contributed by atoms with Crippen LogP contribution in [0, 0.1) is 17.7 Å². The summed E-state index contributed by atoms with van der Waals surface area (Å²) in [6.45, 7) is 5.79. The third-order valence-electron chi connectivity index (χ3n) is 6.08. The third-order valence-corrected chi connectivity index (χ3v) is 6.08. The molecule has 0 atom stereocenters.